The van der Waals surface area contributed by atoms with E-state index in [-0.39, 0.29) is 23.2 Å². The number of benzene rings is 1. The van der Waals surface area contributed by atoms with Crippen LogP contribution in [-0.4, -0.2) is 56.3 Å². The lowest BCUT2D eigenvalue weighted by atomic mass is 10.2. The van der Waals surface area contributed by atoms with Gasteiger partial charge in [-0.2, -0.15) is 4.31 Å². The van der Waals surface area contributed by atoms with E-state index in [2.05, 4.69) is 15.9 Å². The molecule has 0 saturated carbocycles. The highest BCUT2D eigenvalue weighted by Crippen LogP contribution is 2.20. The first kappa shape index (κ1) is 20.4. The number of halogens is 2. The average Bonchev–Trinajstić information content (AvgIpc) is 2.53. The highest BCUT2D eigenvalue weighted by atomic mass is 79.9. The molecule has 1 aromatic rings. The van der Waals surface area contributed by atoms with E-state index in [1.54, 1.807) is 29.2 Å². The predicted molar refractivity (Wildman–Crippen MR) is 95.0 cm³/mol. The van der Waals surface area contributed by atoms with Crippen molar-refractivity contribution in [3.63, 3.8) is 0 Å². The van der Waals surface area contributed by atoms with Gasteiger partial charge in [0.25, 0.3) is 0 Å². The second kappa shape index (κ2) is 8.98. The zero-order valence-corrected chi connectivity index (χ0v) is 15.9. The van der Waals surface area contributed by atoms with Crippen LogP contribution in [0.5, 0.6) is 0 Å². The average molecular weight is 427 g/mol. The smallest absolute Gasteiger partial charge is 0.243 e. The van der Waals surface area contributed by atoms with Gasteiger partial charge in [0.1, 0.15) is 0 Å². The summed E-state index contributed by atoms with van der Waals surface area (Å²) >= 11 is 3.29. The molecule has 1 fully saturated rings. The molecular formula is C14H21BrClN3O3S. The van der Waals surface area contributed by atoms with Crippen molar-refractivity contribution in [2.24, 2.45) is 5.73 Å². The van der Waals surface area contributed by atoms with Gasteiger partial charge in [-0.3, -0.25) is 4.79 Å². The van der Waals surface area contributed by atoms with Crippen LogP contribution >= 0.6 is 28.3 Å². The van der Waals surface area contributed by atoms with Gasteiger partial charge >= 0.3 is 0 Å². The first-order valence-corrected chi connectivity index (χ1v) is 9.42. The van der Waals surface area contributed by atoms with Gasteiger partial charge in [-0.05, 0) is 37.2 Å². The molecule has 0 aromatic heterocycles. The predicted octanol–water partition coefficient (Wildman–Crippen LogP) is 1.44. The third-order valence-corrected chi connectivity index (χ3v) is 6.08. The standard InChI is InChI=1S/C14H20BrN3O3S.ClH/c15-12-3-5-13(6-4-12)22(20,21)18-10-8-17(9-11-18)14(19)2-1-7-16;/h3-6H,1-2,7-11,16H2;1H. The van der Waals surface area contributed by atoms with Gasteiger partial charge in [0.15, 0.2) is 0 Å². The van der Waals surface area contributed by atoms with Crippen molar-refractivity contribution in [3.05, 3.63) is 28.7 Å². The Balaban J connectivity index is 0.00000264. The van der Waals surface area contributed by atoms with Gasteiger partial charge in [-0.1, -0.05) is 15.9 Å². The van der Waals surface area contributed by atoms with Gasteiger partial charge < -0.3 is 10.6 Å². The quantitative estimate of drug-likeness (QED) is 0.772. The summed E-state index contributed by atoms with van der Waals surface area (Å²) in [6, 6.07) is 6.58. The number of carbonyl (C=O) groups is 1. The lowest BCUT2D eigenvalue weighted by Crippen LogP contribution is -2.50. The van der Waals surface area contributed by atoms with Gasteiger partial charge in [0.05, 0.1) is 4.90 Å². The minimum Gasteiger partial charge on any atom is -0.340 e. The van der Waals surface area contributed by atoms with Gasteiger partial charge in [-0.15, -0.1) is 12.4 Å². The van der Waals surface area contributed by atoms with Crippen LogP contribution in [0.4, 0.5) is 0 Å². The highest BCUT2D eigenvalue weighted by molar-refractivity contribution is 9.10. The number of amides is 1. The Hall–Kier alpha value is -0.670. The number of hydrogen-bond acceptors (Lipinski definition) is 4. The summed E-state index contributed by atoms with van der Waals surface area (Å²) in [4.78, 5) is 13.9. The molecule has 0 aliphatic carbocycles. The molecule has 2 N–H and O–H groups in total. The van der Waals surface area contributed by atoms with E-state index in [4.69, 9.17) is 5.73 Å². The van der Waals surface area contributed by atoms with Crippen molar-refractivity contribution in [1.82, 2.24) is 9.21 Å². The summed E-state index contributed by atoms with van der Waals surface area (Å²) in [6.07, 6.45) is 1.09. The van der Waals surface area contributed by atoms with Crippen molar-refractivity contribution in [3.8, 4) is 0 Å². The van der Waals surface area contributed by atoms with E-state index < -0.39 is 10.0 Å². The fraction of sp³-hybridized carbons (Fsp3) is 0.500. The summed E-state index contributed by atoms with van der Waals surface area (Å²) in [5, 5.41) is 0. The normalized spacial score (nSPS) is 16.0. The van der Waals surface area contributed by atoms with Crippen LogP contribution in [0.1, 0.15) is 12.8 Å². The van der Waals surface area contributed by atoms with Crippen LogP contribution in [0.25, 0.3) is 0 Å². The van der Waals surface area contributed by atoms with Crippen LogP contribution in [0.2, 0.25) is 0 Å². The molecule has 0 atom stereocenters. The molecule has 23 heavy (non-hydrogen) atoms. The molecule has 9 heteroatoms. The molecule has 0 unspecified atom stereocenters. The number of piperazine rings is 1. The third-order valence-electron chi connectivity index (χ3n) is 3.64. The Morgan fingerprint density at radius 1 is 1.13 bits per heavy atom. The van der Waals surface area contributed by atoms with E-state index in [0.29, 0.717) is 45.6 Å². The number of hydrogen-bond donors (Lipinski definition) is 1. The highest BCUT2D eigenvalue weighted by Gasteiger charge is 2.29. The topological polar surface area (TPSA) is 83.7 Å². The van der Waals surface area contributed by atoms with Gasteiger partial charge in [-0.25, -0.2) is 8.42 Å². The Morgan fingerprint density at radius 2 is 1.70 bits per heavy atom. The fourth-order valence-electron chi connectivity index (χ4n) is 2.34. The molecule has 0 spiro atoms. The Kier molecular flexibility index (Phi) is 7.96. The van der Waals surface area contributed by atoms with E-state index >= 15 is 0 Å². The Labute approximate surface area is 151 Å². The number of nitrogens with zero attached hydrogens (tertiary/aromatic N) is 2. The number of rotatable bonds is 5. The number of carbonyl (C=O) groups excluding carboxylic acids is 1. The summed E-state index contributed by atoms with van der Waals surface area (Å²) in [5.74, 6) is 0.0474. The van der Waals surface area contributed by atoms with Gasteiger partial charge in [0.2, 0.25) is 15.9 Å². The van der Waals surface area contributed by atoms with Crippen LogP contribution in [0.3, 0.4) is 0 Å². The minimum atomic E-state index is -3.49. The largest absolute Gasteiger partial charge is 0.340 e. The first-order chi connectivity index (χ1) is 10.4. The van der Waals surface area contributed by atoms with Crippen LogP contribution in [-0.2, 0) is 14.8 Å². The summed E-state index contributed by atoms with van der Waals surface area (Å²) in [6.45, 7) is 2.00. The number of nitrogens with two attached hydrogens (primary N) is 1. The van der Waals surface area contributed by atoms with E-state index in [1.807, 2.05) is 0 Å². The Morgan fingerprint density at radius 3 is 2.22 bits per heavy atom. The Bertz CT molecular complexity index is 617. The van der Waals surface area contributed by atoms with E-state index in [9.17, 15) is 13.2 Å². The number of sulfonamides is 1. The third kappa shape index (κ3) is 5.15. The van der Waals surface area contributed by atoms with Crippen molar-refractivity contribution in [1.29, 1.82) is 0 Å². The molecule has 1 amide bonds. The SMILES string of the molecule is Cl.NCCCC(=O)N1CCN(S(=O)(=O)c2ccc(Br)cc2)CC1. The fourth-order valence-corrected chi connectivity index (χ4v) is 4.03. The maximum Gasteiger partial charge on any atom is 0.243 e. The molecule has 0 radical (unpaired) electrons. The maximum absolute atomic E-state index is 12.5. The first-order valence-electron chi connectivity index (χ1n) is 7.18. The molecule has 1 aliphatic heterocycles. The lowest BCUT2D eigenvalue weighted by molar-refractivity contribution is -0.132. The monoisotopic (exact) mass is 425 g/mol. The molecule has 130 valence electrons. The zero-order chi connectivity index (χ0) is 16.2. The molecule has 6 nitrogen and oxygen atoms in total. The lowest BCUT2D eigenvalue weighted by Gasteiger charge is -2.34. The molecule has 1 aliphatic rings. The van der Waals surface area contributed by atoms with Gasteiger partial charge in [0, 0.05) is 37.1 Å². The zero-order valence-electron chi connectivity index (χ0n) is 12.7. The van der Waals surface area contributed by atoms with E-state index in [0.717, 1.165) is 4.47 Å². The molecule has 1 heterocycles. The molecule has 2 rings (SSSR count). The molecule has 1 saturated heterocycles. The van der Waals surface area contributed by atoms with Crippen molar-refractivity contribution in [2.45, 2.75) is 17.7 Å². The van der Waals surface area contributed by atoms with Crippen LogP contribution in [0.15, 0.2) is 33.6 Å². The van der Waals surface area contributed by atoms with Crippen molar-refractivity contribution >= 4 is 44.3 Å². The second-order valence-corrected chi connectivity index (χ2v) is 7.98. The van der Waals surface area contributed by atoms with Crippen molar-refractivity contribution < 1.29 is 13.2 Å². The molecular weight excluding hydrogens is 406 g/mol. The second-order valence-electron chi connectivity index (χ2n) is 5.13. The summed E-state index contributed by atoms with van der Waals surface area (Å²) in [7, 11) is -3.49. The van der Waals surface area contributed by atoms with E-state index in [1.165, 1.54) is 4.31 Å². The summed E-state index contributed by atoms with van der Waals surface area (Å²) < 4.78 is 27.3. The van der Waals surface area contributed by atoms with Crippen LogP contribution < -0.4 is 5.73 Å². The molecule has 0 bridgehead atoms. The summed E-state index contributed by atoms with van der Waals surface area (Å²) in [5.41, 5.74) is 5.40. The molecule has 1 aromatic carbocycles. The van der Waals surface area contributed by atoms with Crippen molar-refractivity contribution in [2.75, 3.05) is 32.7 Å². The van der Waals surface area contributed by atoms with Crippen LogP contribution in [0, 0.1) is 0 Å². The maximum atomic E-state index is 12.5. The minimum absolute atomic E-state index is 0.